The van der Waals surface area contributed by atoms with Gasteiger partial charge in [0.25, 0.3) is 0 Å². The van der Waals surface area contributed by atoms with Gasteiger partial charge < -0.3 is 20.5 Å². The average Bonchev–Trinajstić information content (AvgIpc) is 2.62. The largest absolute Gasteiger partial charge is 0.492 e. The van der Waals surface area contributed by atoms with Crippen molar-refractivity contribution in [3.05, 3.63) is 65.5 Å². The number of aliphatic hydroxyl groups is 1. The molecule has 0 aromatic heterocycles. The Morgan fingerprint density at radius 3 is 2.37 bits per heavy atom. The minimum absolute atomic E-state index is 0. The van der Waals surface area contributed by atoms with Gasteiger partial charge in [0.15, 0.2) is 0 Å². The molecule has 0 amide bonds. The monoisotopic (exact) mass is 506 g/mol. The summed E-state index contributed by atoms with van der Waals surface area (Å²) in [6, 6.07) is 14.5. The molecule has 0 aliphatic heterocycles. The zero-order valence-corrected chi connectivity index (χ0v) is 19.1. The van der Waals surface area contributed by atoms with E-state index in [1.807, 2.05) is 38.2 Å². The lowest BCUT2D eigenvalue weighted by Gasteiger charge is -2.18. The lowest BCUT2D eigenvalue weighted by Crippen LogP contribution is -2.32. The van der Waals surface area contributed by atoms with Gasteiger partial charge in [-0.15, -0.1) is 34.0 Å². The van der Waals surface area contributed by atoms with Crippen LogP contribution in [0.25, 0.3) is 0 Å². The fraction of sp³-hybridized carbons (Fsp3) is 0.400. The normalized spacial score (nSPS) is 12.4. The van der Waals surface area contributed by atoms with Crippen LogP contribution in [0.1, 0.15) is 24.2 Å². The maximum Gasteiger partial charge on any atom is 0.129 e. The quantitative estimate of drug-likeness (QED) is 0.428. The molecule has 7 heteroatoms. The number of ether oxygens (including phenoxy) is 1. The molecule has 2 unspecified atom stereocenters. The minimum atomic E-state index is -0.855. The van der Waals surface area contributed by atoms with Gasteiger partial charge in [0, 0.05) is 24.7 Å². The Kier molecular flexibility index (Phi) is 13.6. The van der Waals surface area contributed by atoms with E-state index in [4.69, 9.17) is 4.74 Å². The molecular formula is C20H29Br2FN2O2. The first kappa shape index (κ1) is 26.0. The number of benzene rings is 2. The standard InChI is InChI=1S/C20H27FN2O2.2BrH/c1-15(23-14-20(24)18-5-3-4-6-19(18)21)13-16-7-9-17(10-8-16)25-12-11-22-2;;/h3-10,15,20,22-24H,11-14H2,1-2H3;2*1H. The molecule has 3 N–H and O–H groups in total. The maximum absolute atomic E-state index is 13.7. The lowest BCUT2D eigenvalue weighted by molar-refractivity contribution is 0.166. The zero-order valence-electron chi connectivity index (χ0n) is 15.7. The van der Waals surface area contributed by atoms with Crippen LogP contribution in [-0.4, -0.2) is 37.9 Å². The fourth-order valence-electron chi connectivity index (χ4n) is 2.59. The number of aliphatic hydroxyl groups excluding tert-OH is 1. The van der Waals surface area contributed by atoms with Crippen molar-refractivity contribution in [1.82, 2.24) is 10.6 Å². The van der Waals surface area contributed by atoms with Gasteiger partial charge in [0.2, 0.25) is 0 Å². The van der Waals surface area contributed by atoms with Crippen molar-refractivity contribution in [2.24, 2.45) is 0 Å². The summed E-state index contributed by atoms with van der Waals surface area (Å²) in [5.74, 6) is 0.480. The van der Waals surface area contributed by atoms with E-state index < -0.39 is 6.10 Å². The van der Waals surface area contributed by atoms with Gasteiger partial charge in [0.05, 0.1) is 6.10 Å². The van der Waals surface area contributed by atoms with Crippen LogP contribution in [0.2, 0.25) is 0 Å². The van der Waals surface area contributed by atoms with Crippen LogP contribution in [-0.2, 0) is 6.42 Å². The van der Waals surface area contributed by atoms with Crippen molar-refractivity contribution in [1.29, 1.82) is 0 Å². The molecule has 2 aromatic rings. The molecule has 0 bridgehead atoms. The van der Waals surface area contributed by atoms with Crippen molar-refractivity contribution >= 4 is 34.0 Å². The first-order valence-corrected chi connectivity index (χ1v) is 8.62. The van der Waals surface area contributed by atoms with Gasteiger partial charge in [-0.3, -0.25) is 0 Å². The second kappa shape index (κ2) is 14.1. The van der Waals surface area contributed by atoms with Crippen LogP contribution in [0.4, 0.5) is 4.39 Å². The van der Waals surface area contributed by atoms with Crippen molar-refractivity contribution in [2.75, 3.05) is 26.7 Å². The fourth-order valence-corrected chi connectivity index (χ4v) is 2.59. The molecule has 0 saturated heterocycles. The molecule has 152 valence electrons. The van der Waals surface area contributed by atoms with Gasteiger partial charge in [0.1, 0.15) is 18.2 Å². The number of hydrogen-bond donors (Lipinski definition) is 3. The third-order valence-electron chi connectivity index (χ3n) is 4.01. The zero-order chi connectivity index (χ0) is 18.1. The van der Waals surface area contributed by atoms with E-state index in [1.54, 1.807) is 18.2 Å². The summed E-state index contributed by atoms with van der Waals surface area (Å²) in [5, 5.41) is 16.4. The van der Waals surface area contributed by atoms with Crippen molar-refractivity contribution in [2.45, 2.75) is 25.5 Å². The first-order valence-electron chi connectivity index (χ1n) is 8.62. The Balaban J connectivity index is 0.00000338. The molecule has 27 heavy (non-hydrogen) atoms. The van der Waals surface area contributed by atoms with E-state index in [0.29, 0.717) is 18.7 Å². The Bertz CT molecular complexity index is 644. The van der Waals surface area contributed by atoms with E-state index in [0.717, 1.165) is 18.7 Å². The maximum atomic E-state index is 13.7. The number of rotatable bonds is 10. The molecule has 4 nitrogen and oxygen atoms in total. The van der Waals surface area contributed by atoms with Crippen molar-refractivity contribution in [3.8, 4) is 5.75 Å². The summed E-state index contributed by atoms with van der Waals surface area (Å²) >= 11 is 0. The molecule has 2 atom stereocenters. The SMILES string of the molecule is Br.Br.CNCCOc1ccc(CC(C)NCC(O)c2ccccc2F)cc1. The Morgan fingerprint density at radius 2 is 1.74 bits per heavy atom. The van der Waals surface area contributed by atoms with Crippen LogP contribution in [0.15, 0.2) is 48.5 Å². The van der Waals surface area contributed by atoms with Gasteiger partial charge in [-0.2, -0.15) is 0 Å². The van der Waals surface area contributed by atoms with Crippen molar-refractivity contribution < 1.29 is 14.2 Å². The van der Waals surface area contributed by atoms with Crippen LogP contribution < -0.4 is 15.4 Å². The summed E-state index contributed by atoms with van der Waals surface area (Å²) in [6.07, 6.45) is -0.0348. The van der Waals surface area contributed by atoms with Crippen LogP contribution in [0, 0.1) is 5.82 Å². The Labute approximate surface area is 182 Å². The minimum Gasteiger partial charge on any atom is -0.492 e. The highest BCUT2D eigenvalue weighted by atomic mass is 79.9. The van der Waals surface area contributed by atoms with E-state index in [1.165, 1.54) is 11.6 Å². The predicted octanol–water partition coefficient (Wildman–Crippen LogP) is 3.83. The Morgan fingerprint density at radius 1 is 1.07 bits per heavy atom. The average molecular weight is 508 g/mol. The summed E-state index contributed by atoms with van der Waals surface area (Å²) in [7, 11) is 1.89. The van der Waals surface area contributed by atoms with Crippen LogP contribution in [0.5, 0.6) is 5.75 Å². The number of halogens is 3. The molecule has 0 fully saturated rings. The van der Waals surface area contributed by atoms with E-state index in [9.17, 15) is 9.50 Å². The van der Waals surface area contributed by atoms with Crippen LogP contribution in [0.3, 0.4) is 0 Å². The molecule has 0 saturated carbocycles. The highest BCUT2D eigenvalue weighted by Crippen LogP contribution is 2.17. The molecule has 0 heterocycles. The molecule has 0 aliphatic carbocycles. The highest BCUT2D eigenvalue weighted by Gasteiger charge is 2.13. The topological polar surface area (TPSA) is 53.5 Å². The second-order valence-electron chi connectivity index (χ2n) is 6.15. The van der Waals surface area contributed by atoms with Crippen molar-refractivity contribution in [3.63, 3.8) is 0 Å². The summed E-state index contributed by atoms with van der Waals surface area (Å²) in [5.41, 5.74) is 1.51. The van der Waals surface area contributed by atoms with Gasteiger partial charge in [-0.1, -0.05) is 30.3 Å². The van der Waals surface area contributed by atoms with Gasteiger partial charge in [-0.05, 0) is 44.2 Å². The summed E-state index contributed by atoms with van der Waals surface area (Å²) < 4.78 is 19.3. The smallest absolute Gasteiger partial charge is 0.129 e. The predicted molar refractivity (Wildman–Crippen MR) is 119 cm³/mol. The molecule has 0 radical (unpaired) electrons. The molecule has 0 spiro atoms. The van der Waals surface area contributed by atoms with E-state index >= 15 is 0 Å². The molecule has 2 aromatic carbocycles. The molecule has 0 aliphatic rings. The third kappa shape index (κ3) is 9.17. The Hall–Kier alpha value is -0.990. The van der Waals surface area contributed by atoms with E-state index in [-0.39, 0.29) is 45.8 Å². The lowest BCUT2D eigenvalue weighted by atomic mass is 10.1. The molecular weight excluding hydrogens is 479 g/mol. The number of nitrogens with one attached hydrogen (secondary N) is 2. The van der Waals surface area contributed by atoms with Gasteiger partial charge >= 0.3 is 0 Å². The van der Waals surface area contributed by atoms with Gasteiger partial charge in [-0.25, -0.2) is 4.39 Å². The first-order chi connectivity index (χ1) is 12.1. The summed E-state index contributed by atoms with van der Waals surface area (Å²) in [6.45, 7) is 3.81. The molecule has 2 rings (SSSR count). The number of hydrogen-bond acceptors (Lipinski definition) is 4. The third-order valence-corrected chi connectivity index (χ3v) is 4.01. The van der Waals surface area contributed by atoms with Crippen LogP contribution >= 0.6 is 34.0 Å². The highest BCUT2D eigenvalue weighted by molar-refractivity contribution is 8.93. The summed E-state index contributed by atoms with van der Waals surface area (Å²) in [4.78, 5) is 0. The van der Waals surface area contributed by atoms with E-state index in [2.05, 4.69) is 10.6 Å². The second-order valence-corrected chi connectivity index (χ2v) is 6.15. The number of likely N-dealkylation sites (N-methyl/N-ethyl adjacent to an activating group) is 1.